The average Bonchev–Trinajstić information content (AvgIpc) is 2.94. The third kappa shape index (κ3) is 2.70. The van der Waals surface area contributed by atoms with Crippen molar-refractivity contribution >= 4 is 11.5 Å². The molecular weight excluding hydrogens is 294 g/mol. The van der Waals surface area contributed by atoms with E-state index < -0.39 is 0 Å². The Morgan fingerprint density at radius 3 is 3.00 bits per heavy atom. The number of phenolic OH excluding ortho intramolecular Hbond substituents is 1. The first-order valence-electron chi connectivity index (χ1n) is 7.55. The molecule has 0 aliphatic carbocycles. The van der Waals surface area contributed by atoms with Gasteiger partial charge in [-0.3, -0.25) is 0 Å². The minimum atomic E-state index is -0.0918. The molecule has 1 saturated heterocycles. The van der Waals surface area contributed by atoms with Crippen LogP contribution in [0.2, 0.25) is 0 Å². The zero-order valence-corrected chi connectivity index (χ0v) is 12.8. The molecule has 1 fully saturated rings. The largest absolute Gasteiger partial charge is 0.508 e. The Labute approximate surface area is 133 Å². The van der Waals surface area contributed by atoms with Crippen molar-refractivity contribution in [3.05, 3.63) is 47.8 Å². The van der Waals surface area contributed by atoms with E-state index in [9.17, 15) is 5.11 Å². The molecule has 7 nitrogen and oxygen atoms in total. The van der Waals surface area contributed by atoms with Crippen molar-refractivity contribution in [3.8, 4) is 5.75 Å². The molecule has 118 valence electrons. The molecule has 2 aromatic heterocycles. The number of morpholine rings is 1. The zero-order chi connectivity index (χ0) is 15.8. The zero-order valence-electron chi connectivity index (χ0n) is 12.8. The summed E-state index contributed by atoms with van der Waals surface area (Å²) in [5.74, 6) is 1.80. The highest BCUT2D eigenvalue weighted by Gasteiger charge is 2.23. The highest BCUT2D eigenvalue weighted by atomic mass is 16.5. The second kappa shape index (κ2) is 5.51. The summed E-state index contributed by atoms with van der Waals surface area (Å²) >= 11 is 0. The van der Waals surface area contributed by atoms with E-state index in [-0.39, 0.29) is 11.9 Å². The van der Waals surface area contributed by atoms with Crippen molar-refractivity contribution in [1.82, 2.24) is 19.8 Å². The van der Waals surface area contributed by atoms with Gasteiger partial charge in [0.25, 0.3) is 0 Å². The van der Waals surface area contributed by atoms with Gasteiger partial charge in [-0.15, -0.1) is 14.8 Å². The van der Waals surface area contributed by atoms with Gasteiger partial charge in [0.05, 0.1) is 6.61 Å². The lowest BCUT2D eigenvalue weighted by Crippen LogP contribution is -2.39. The van der Waals surface area contributed by atoms with E-state index in [2.05, 4.69) is 20.1 Å². The van der Waals surface area contributed by atoms with Crippen molar-refractivity contribution in [2.45, 2.75) is 13.0 Å². The second-order valence-corrected chi connectivity index (χ2v) is 5.60. The number of phenols is 1. The third-order valence-corrected chi connectivity index (χ3v) is 3.93. The number of hydrogen-bond donors (Lipinski definition) is 1. The van der Waals surface area contributed by atoms with Gasteiger partial charge in [0.1, 0.15) is 17.7 Å². The summed E-state index contributed by atoms with van der Waals surface area (Å²) in [6.07, 6.45) is -0.0918. The first-order chi connectivity index (χ1) is 11.2. The number of nitrogens with zero attached hydrogens (tertiary/aromatic N) is 5. The number of hydrogen-bond acceptors (Lipinski definition) is 6. The van der Waals surface area contributed by atoms with Gasteiger partial charge in [-0.25, -0.2) is 4.98 Å². The predicted molar refractivity (Wildman–Crippen MR) is 84.5 cm³/mol. The van der Waals surface area contributed by atoms with Gasteiger partial charge < -0.3 is 14.7 Å². The fourth-order valence-electron chi connectivity index (χ4n) is 2.83. The molecule has 7 heteroatoms. The molecule has 0 amide bonds. The fourth-order valence-corrected chi connectivity index (χ4v) is 2.83. The van der Waals surface area contributed by atoms with E-state index in [1.165, 1.54) is 0 Å². The molecule has 1 atom stereocenters. The van der Waals surface area contributed by atoms with Gasteiger partial charge in [0.2, 0.25) is 0 Å². The summed E-state index contributed by atoms with van der Waals surface area (Å²) in [6, 6.07) is 11.1. The maximum Gasteiger partial charge on any atom is 0.176 e. The summed E-state index contributed by atoms with van der Waals surface area (Å²) in [5.41, 5.74) is 1.71. The molecule has 0 unspecified atom stereocenters. The molecule has 1 aliphatic heterocycles. The lowest BCUT2D eigenvalue weighted by Gasteiger charge is -2.33. The SMILES string of the molecule is Cc1nc2ccc(N3CCO[C@@H](c4cccc(O)c4)C3)nn2n1. The standard InChI is InChI=1S/C16H17N5O2/c1-11-17-15-5-6-16(19-21(15)18-11)20-7-8-23-14(10-20)12-3-2-4-13(22)9-12/h2-6,9,14,22H,7-8,10H2,1H3/t14-/m1/s1. The van der Waals surface area contributed by atoms with Crippen LogP contribution in [0.25, 0.3) is 5.65 Å². The van der Waals surface area contributed by atoms with E-state index in [1.807, 2.05) is 31.2 Å². The van der Waals surface area contributed by atoms with E-state index in [1.54, 1.807) is 16.8 Å². The molecule has 1 N–H and O–H groups in total. The van der Waals surface area contributed by atoms with Crippen LogP contribution in [0.15, 0.2) is 36.4 Å². The number of fused-ring (bicyclic) bond motifs is 1. The molecule has 1 aromatic carbocycles. The van der Waals surface area contributed by atoms with Gasteiger partial charge in [0.15, 0.2) is 11.5 Å². The highest BCUT2D eigenvalue weighted by Crippen LogP contribution is 2.27. The van der Waals surface area contributed by atoms with Crippen LogP contribution >= 0.6 is 0 Å². The maximum absolute atomic E-state index is 9.65. The fraction of sp³-hybridized carbons (Fsp3) is 0.312. The average molecular weight is 311 g/mol. The number of ether oxygens (including phenoxy) is 1. The van der Waals surface area contributed by atoms with Crippen LogP contribution < -0.4 is 4.90 Å². The molecule has 0 saturated carbocycles. The van der Waals surface area contributed by atoms with Gasteiger partial charge in [-0.1, -0.05) is 12.1 Å². The Morgan fingerprint density at radius 2 is 2.13 bits per heavy atom. The molecular formula is C16H17N5O2. The first-order valence-corrected chi connectivity index (χ1v) is 7.55. The van der Waals surface area contributed by atoms with Crippen LogP contribution in [0.4, 0.5) is 5.82 Å². The van der Waals surface area contributed by atoms with Crippen LogP contribution in [0.3, 0.4) is 0 Å². The number of benzene rings is 1. The van der Waals surface area contributed by atoms with E-state index in [4.69, 9.17) is 4.74 Å². The lowest BCUT2D eigenvalue weighted by atomic mass is 10.1. The molecule has 0 spiro atoms. The van der Waals surface area contributed by atoms with Crippen LogP contribution in [0, 0.1) is 6.92 Å². The number of aryl methyl sites for hydroxylation is 1. The molecule has 3 heterocycles. The van der Waals surface area contributed by atoms with Gasteiger partial charge in [-0.05, 0) is 36.8 Å². The van der Waals surface area contributed by atoms with Crippen molar-refractivity contribution in [2.75, 3.05) is 24.6 Å². The van der Waals surface area contributed by atoms with Crippen LogP contribution in [0.5, 0.6) is 5.75 Å². The summed E-state index contributed by atoms with van der Waals surface area (Å²) < 4.78 is 7.41. The quantitative estimate of drug-likeness (QED) is 0.776. The number of anilines is 1. The molecule has 23 heavy (non-hydrogen) atoms. The van der Waals surface area contributed by atoms with Crippen molar-refractivity contribution in [2.24, 2.45) is 0 Å². The molecule has 0 radical (unpaired) electrons. The summed E-state index contributed by atoms with van der Waals surface area (Å²) in [4.78, 5) is 6.45. The monoisotopic (exact) mass is 311 g/mol. The normalized spacial score (nSPS) is 18.5. The number of aromatic nitrogens is 4. The Balaban J connectivity index is 1.60. The third-order valence-electron chi connectivity index (χ3n) is 3.93. The summed E-state index contributed by atoms with van der Waals surface area (Å²) in [7, 11) is 0. The topological polar surface area (TPSA) is 75.8 Å². The summed E-state index contributed by atoms with van der Waals surface area (Å²) in [5, 5.41) is 18.4. The van der Waals surface area contributed by atoms with Crippen molar-refractivity contribution < 1.29 is 9.84 Å². The Hall–Kier alpha value is -2.67. The second-order valence-electron chi connectivity index (χ2n) is 5.60. The molecule has 0 bridgehead atoms. The van der Waals surface area contributed by atoms with Crippen molar-refractivity contribution in [1.29, 1.82) is 0 Å². The van der Waals surface area contributed by atoms with Crippen molar-refractivity contribution in [3.63, 3.8) is 0 Å². The smallest absolute Gasteiger partial charge is 0.176 e. The highest BCUT2D eigenvalue weighted by molar-refractivity contribution is 5.46. The molecule has 3 aromatic rings. The number of rotatable bonds is 2. The van der Waals surface area contributed by atoms with E-state index >= 15 is 0 Å². The Kier molecular flexibility index (Phi) is 3.34. The maximum atomic E-state index is 9.65. The lowest BCUT2D eigenvalue weighted by molar-refractivity contribution is 0.0393. The van der Waals surface area contributed by atoms with Gasteiger partial charge in [-0.2, -0.15) is 0 Å². The van der Waals surface area contributed by atoms with Crippen LogP contribution in [-0.4, -0.2) is 44.6 Å². The van der Waals surface area contributed by atoms with E-state index in [0.29, 0.717) is 19.0 Å². The van der Waals surface area contributed by atoms with E-state index in [0.717, 1.165) is 23.6 Å². The van der Waals surface area contributed by atoms with Crippen LogP contribution in [-0.2, 0) is 4.74 Å². The summed E-state index contributed by atoms with van der Waals surface area (Å²) in [6.45, 7) is 3.90. The molecule has 4 rings (SSSR count). The first kappa shape index (κ1) is 14.0. The minimum absolute atomic E-state index is 0.0918. The minimum Gasteiger partial charge on any atom is -0.508 e. The van der Waals surface area contributed by atoms with Crippen LogP contribution in [0.1, 0.15) is 17.5 Å². The Morgan fingerprint density at radius 1 is 1.22 bits per heavy atom. The Bertz CT molecular complexity index is 847. The van der Waals surface area contributed by atoms with Gasteiger partial charge in [0, 0.05) is 13.1 Å². The predicted octanol–water partition coefficient (Wildman–Crippen LogP) is 1.72. The van der Waals surface area contributed by atoms with Gasteiger partial charge >= 0.3 is 0 Å². The number of aromatic hydroxyl groups is 1. The molecule has 1 aliphatic rings.